The molecule has 0 amide bonds. The van der Waals surface area contributed by atoms with Gasteiger partial charge in [0.05, 0.1) is 23.1 Å². The number of aromatic carboxylic acids is 1. The largest absolute Gasteiger partial charge is 0.478 e. The van der Waals surface area contributed by atoms with Gasteiger partial charge in [0.15, 0.2) is 0 Å². The molecule has 2 heterocycles. The molecule has 5 heteroatoms. The van der Waals surface area contributed by atoms with Gasteiger partial charge in [0.2, 0.25) is 0 Å². The molecule has 1 fully saturated rings. The molecule has 1 aromatic rings. The summed E-state index contributed by atoms with van der Waals surface area (Å²) >= 11 is 0. The molecule has 2 rings (SSSR count). The van der Waals surface area contributed by atoms with Crippen LogP contribution in [0.2, 0.25) is 0 Å². The van der Waals surface area contributed by atoms with Crippen molar-refractivity contribution in [3.63, 3.8) is 0 Å². The normalized spacial score (nSPS) is 21.9. The van der Waals surface area contributed by atoms with Crippen molar-refractivity contribution in [2.45, 2.75) is 46.3 Å². The molecular formula is C15H22N2O3. The third-order valence-electron chi connectivity index (χ3n) is 3.43. The van der Waals surface area contributed by atoms with Gasteiger partial charge in [0, 0.05) is 18.8 Å². The molecule has 1 unspecified atom stereocenters. The number of anilines is 1. The lowest BCUT2D eigenvalue weighted by atomic mass is 10.0. The Bertz CT molecular complexity index is 540. The summed E-state index contributed by atoms with van der Waals surface area (Å²) in [5.41, 5.74) is 2.13. The third-order valence-corrected chi connectivity index (χ3v) is 3.43. The number of ether oxygens (including phenoxy) is 1. The van der Waals surface area contributed by atoms with E-state index < -0.39 is 5.97 Å². The first-order valence-corrected chi connectivity index (χ1v) is 6.84. The van der Waals surface area contributed by atoms with Crippen LogP contribution in [0.25, 0.3) is 0 Å². The van der Waals surface area contributed by atoms with E-state index in [1.165, 1.54) is 0 Å². The molecule has 0 aromatic carbocycles. The number of aromatic nitrogens is 1. The van der Waals surface area contributed by atoms with Gasteiger partial charge in [-0.05, 0) is 40.7 Å². The molecule has 0 aliphatic carbocycles. The number of pyridine rings is 1. The summed E-state index contributed by atoms with van der Waals surface area (Å²) in [7, 11) is 0. The monoisotopic (exact) mass is 278 g/mol. The van der Waals surface area contributed by atoms with Crippen molar-refractivity contribution in [2.75, 3.05) is 18.0 Å². The molecule has 110 valence electrons. The van der Waals surface area contributed by atoms with Gasteiger partial charge >= 0.3 is 5.97 Å². The molecule has 1 atom stereocenters. The maximum absolute atomic E-state index is 11.5. The van der Waals surface area contributed by atoms with E-state index in [9.17, 15) is 9.90 Å². The first-order valence-electron chi connectivity index (χ1n) is 6.84. The third kappa shape index (κ3) is 2.93. The Morgan fingerprint density at radius 1 is 1.50 bits per heavy atom. The molecule has 20 heavy (non-hydrogen) atoms. The Labute approximate surface area is 119 Å². The number of hydrogen-bond acceptors (Lipinski definition) is 4. The number of carboxylic acid groups (broad SMARTS) is 1. The zero-order valence-electron chi connectivity index (χ0n) is 12.7. The lowest BCUT2D eigenvalue weighted by Gasteiger charge is -2.43. The minimum atomic E-state index is -0.929. The zero-order valence-corrected chi connectivity index (χ0v) is 12.7. The van der Waals surface area contributed by atoms with Crippen LogP contribution < -0.4 is 4.90 Å². The van der Waals surface area contributed by atoms with Crippen molar-refractivity contribution in [1.82, 2.24) is 4.98 Å². The van der Waals surface area contributed by atoms with E-state index in [0.717, 1.165) is 11.4 Å². The Morgan fingerprint density at radius 3 is 2.70 bits per heavy atom. The number of hydrogen-bond donors (Lipinski definition) is 1. The summed E-state index contributed by atoms with van der Waals surface area (Å²) in [5.74, 6) is -0.929. The second kappa shape index (κ2) is 5.05. The molecule has 5 nitrogen and oxygen atoms in total. The lowest BCUT2D eigenvalue weighted by Crippen LogP contribution is -2.52. The first kappa shape index (κ1) is 14.8. The van der Waals surface area contributed by atoms with Crippen LogP contribution in [0.5, 0.6) is 0 Å². The van der Waals surface area contributed by atoms with Crippen LogP contribution in [0.4, 0.5) is 5.69 Å². The second-order valence-electron chi connectivity index (χ2n) is 6.12. The van der Waals surface area contributed by atoms with Crippen LogP contribution in [0, 0.1) is 13.8 Å². The minimum Gasteiger partial charge on any atom is -0.478 e. The number of aryl methyl sites for hydroxylation is 2. The van der Waals surface area contributed by atoms with Gasteiger partial charge in [0.25, 0.3) is 0 Å². The standard InChI is InChI=1S/C15H22N2O3/c1-9-6-12(13(14(18)19)11(3)16-9)17-7-10(2)20-15(4,5)8-17/h6,10H,7-8H2,1-5H3,(H,18,19). The van der Waals surface area contributed by atoms with Gasteiger partial charge in [0.1, 0.15) is 5.56 Å². The highest BCUT2D eigenvalue weighted by atomic mass is 16.5. The van der Waals surface area contributed by atoms with Gasteiger partial charge in [-0.2, -0.15) is 0 Å². The van der Waals surface area contributed by atoms with Crippen molar-refractivity contribution < 1.29 is 14.6 Å². The summed E-state index contributed by atoms with van der Waals surface area (Å²) in [6.45, 7) is 11.0. The van der Waals surface area contributed by atoms with Crippen LogP contribution in [-0.4, -0.2) is 40.9 Å². The minimum absolute atomic E-state index is 0.0640. The fraction of sp³-hybridized carbons (Fsp3) is 0.600. The van der Waals surface area contributed by atoms with Gasteiger partial charge < -0.3 is 14.7 Å². The van der Waals surface area contributed by atoms with Crippen molar-refractivity contribution in [3.05, 3.63) is 23.0 Å². The molecule has 1 aliphatic rings. The van der Waals surface area contributed by atoms with E-state index in [4.69, 9.17) is 4.74 Å². The fourth-order valence-electron chi connectivity index (χ4n) is 2.96. The number of rotatable bonds is 2. The highest BCUT2D eigenvalue weighted by molar-refractivity contribution is 5.95. The van der Waals surface area contributed by atoms with E-state index in [1.54, 1.807) is 6.92 Å². The maximum Gasteiger partial charge on any atom is 0.339 e. The van der Waals surface area contributed by atoms with Crippen LogP contribution in [0.1, 0.15) is 42.5 Å². The molecule has 1 aromatic heterocycles. The molecular weight excluding hydrogens is 256 g/mol. The summed E-state index contributed by atoms with van der Waals surface area (Å²) < 4.78 is 5.88. The molecule has 0 radical (unpaired) electrons. The van der Waals surface area contributed by atoms with Crippen molar-refractivity contribution >= 4 is 11.7 Å². The molecule has 0 bridgehead atoms. The quantitative estimate of drug-likeness (QED) is 0.900. The van der Waals surface area contributed by atoms with Crippen LogP contribution in [0.3, 0.4) is 0 Å². The van der Waals surface area contributed by atoms with E-state index in [1.807, 2.05) is 33.8 Å². The Balaban J connectivity index is 2.48. The fourth-order valence-corrected chi connectivity index (χ4v) is 2.96. The van der Waals surface area contributed by atoms with E-state index in [2.05, 4.69) is 9.88 Å². The van der Waals surface area contributed by atoms with E-state index >= 15 is 0 Å². The Hall–Kier alpha value is -1.62. The molecule has 1 saturated heterocycles. The highest BCUT2D eigenvalue weighted by Gasteiger charge is 2.33. The average molecular weight is 278 g/mol. The number of carboxylic acids is 1. The van der Waals surface area contributed by atoms with Crippen molar-refractivity contribution in [3.8, 4) is 0 Å². The average Bonchev–Trinajstić information content (AvgIpc) is 2.24. The number of morpholine rings is 1. The highest BCUT2D eigenvalue weighted by Crippen LogP contribution is 2.30. The van der Waals surface area contributed by atoms with Gasteiger partial charge in [-0.3, -0.25) is 4.98 Å². The summed E-state index contributed by atoms with van der Waals surface area (Å²) in [4.78, 5) is 17.9. The van der Waals surface area contributed by atoms with Crippen molar-refractivity contribution in [2.24, 2.45) is 0 Å². The number of carbonyl (C=O) groups is 1. The van der Waals surface area contributed by atoms with E-state index in [0.29, 0.717) is 24.3 Å². The summed E-state index contributed by atoms with van der Waals surface area (Å²) in [6.07, 6.45) is 0.0640. The predicted octanol–water partition coefficient (Wildman–Crippen LogP) is 2.40. The number of nitrogens with zero attached hydrogens (tertiary/aromatic N) is 2. The Morgan fingerprint density at radius 2 is 2.15 bits per heavy atom. The van der Waals surface area contributed by atoms with E-state index in [-0.39, 0.29) is 11.7 Å². The van der Waals surface area contributed by atoms with Crippen LogP contribution in [0.15, 0.2) is 6.07 Å². The topological polar surface area (TPSA) is 62.7 Å². The SMILES string of the molecule is Cc1cc(N2CC(C)OC(C)(C)C2)c(C(=O)O)c(C)n1. The lowest BCUT2D eigenvalue weighted by molar-refractivity contribution is -0.0750. The molecule has 0 saturated carbocycles. The maximum atomic E-state index is 11.5. The van der Waals surface area contributed by atoms with Crippen LogP contribution in [-0.2, 0) is 4.74 Å². The summed E-state index contributed by atoms with van der Waals surface area (Å²) in [5, 5.41) is 9.47. The summed E-state index contributed by atoms with van der Waals surface area (Å²) in [6, 6.07) is 1.85. The smallest absolute Gasteiger partial charge is 0.339 e. The predicted molar refractivity (Wildman–Crippen MR) is 77.5 cm³/mol. The Kier molecular flexibility index (Phi) is 3.73. The van der Waals surface area contributed by atoms with Gasteiger partial charge in [-0.1, -0.05) is 0 Å². The molecule has 1 N–H and O–H groups in total. The molecule has 0 spiro atoms. The van der Waals surface area contributed by atoms with Crippen molar-refractivity contribution in [1.29, 1.82) is 0 Å². The second-order valence-corrected chi connectivity index (χ2v) is 6.12. The van der Waals surface area contributed by atoms with Gasteiger partial charge in [-0.15, -0.1) is 0 Å². The molecule has 1 aliphatic heterocycles. The zero-order chi connectivity index (χ0) is 15.1. The first-order chi connectivity index (χ1) is 9.19. The van der Waals surface area contributed by atoms with Gasteiger partial charge in [-0.25, -0.2) is 4.79 Å². The van der Waals surface area contributed by atoms with Crippen LogP contribution >= 0.6 is 0 Å².